The van der Waals surface area contributed by atoms with Crippen LogP contribution in [-0.4, -0.2) is 40.3 Å². The lowest BCUT2D eigenvalue weighted by molar-refractivity contribution is -0.155. The van der Waals surface area contributed by atoms with Gasteiger partial charge in [-0.25, -0.2) is 4.79 Å². The molecule has 1 aliphatic heterocycles. The van der Waals surface area contributed by atoms with E-state index in [4.69, 9.17) is 14.2 Å². The molecule has 1 aromatic rings. The minimum atomic E-state index is -0.781. The first-order chi connectivity index (χ1) is 11.8. The quantitative estimate of drug-likeness (QED) is 0.701. The van der Waals surface area contributed by atoms with Crippen molar-refractivity contribution in [2.24, 2.45) is 0 Å². The third-order valence-electron chi connectivity index (χ3n) is 3.50. The summed E-state index contributed by atoms with van der Waals surface area (Å²) in [5, 5.41) is 0. The highest BCUT2D eigenvalue weighted by molar-refractivity contribution is 9.11. The fourth-order valence-corrected chi connectivity index (χ4v) is 2.74. The first-order valence-corrected chi connectivity index (χ1v) is 8.31. The molecule has 25 heavy (non-hydrogen) atoms. The van der Waals surface area contributed by atoms with Gasteiger partial charge in [0.15, 0.2) is 0 Å². The highest BCUT2D eigenvalue weighted by Crippen LogP contribution is 2.30. The number of H-pyrrole nitrogens is 1. The molecule has 0 radical (unpaired) electrons. The second-order valence-electron chi connectivity index (χ2n) is 5.36. The van der Waals surface area contributed by atoms with E-state index in [-0.39, 0.29) is 18.6 Å². The first-order valence-electron chi connectivity index (χ1n) is 7.40. The maximum Gasteiger partial charge on any atom is 0.330 e. The third kappa shape index (κ3) is 4.89. The van der Waals surface area contributed by atoms with E-state index in [1.807, 2.05) is 0 Å². The second kappa shape index (κ2) is 8.26. The van der Waals surface area contributed by atoms with Gasteiger partial charge in [-0.05, 0) is 11.1 Å². The highest BCUT2D eigenvalue weighted by atomic mass is 79.9. The number of nitrogens with one attached hydrogen (secondary N) is 1. The van der Waals surface area contributed by atoms with Gasteiger partial charge in [0.25, 0.3) is 5.56 Å². The largest absolute Gasteiger partial charge is 0.463 e. The van der Waals surface area contributed by atoms with E-state index in [1.54, 1.807) is 0 Å². The number of hydrogen-bond donors (Lipinski definition) is 1. The van der Waals surface area contributed by atoms with Crippen LogP contribution < -0.4 is 11.2 Å². The van der Waals surface area contributed by atoms with Crippen LogP contribution in [0.25, 0.3) is 6.08 Å². The molecule has 0 saturated carbocycles. The van der Waals surface area contributed by atoms with E-state index in [9.17, 15) is 19.2 Å². The average Bonchev–Trinajstić information content (AvgIpc) is 2.90. The zero-order valence-corrected chi connectivity index (χ0v) is 15.1. The van der Waals surface area contributed by atoms with Gasteiger partial charge >= 0.3 is 17.6 Å². The highest BCUT2D eigenvalue weighted by Gasteiger charge is 2.39. The van der Waals surface area contributed by atoms with E-state index >= 15 is 0 Å². The molecule has 3 unspecified atom stereocenters. The summed E-state index contributed by atoms with van der Waals surface area (Å²) in [5.74, 6) is -1.02. The molecule has 0 bridgehead atoms. The molecule has 136 valence electrons. The Labute approximate surface area is 150 Å². The fourth-order valence-electron chi connectivity index (χ4n) is 2.46. The van der Waals surface area contributed by atoms with Gasteiger partial charge < -0.3 is 14.2 Å². The molecule has 2 heterocycles. The molecule has 0 amide bonds. The van der Waals surface area contributed by atoms with Crippen LogP contribution in [0.3, 0.4) is 0 Å². The molecule has 0 spiro atoms. The summed E-state index contributed by atoms with van der Waals surface area (Å²) in [5.41, 5.74) is -0.952. The van der Waals surface area contributed by atoms with Crippen molar-refractivity contribution < 1.29 is 23.8 Å². The number of halogens is 1. The van der Waals surface area contributed by atoms with Crippen LogP contribution >= 0.6 is 15.9 Å². The minimum Gasteiger partial charge on any atom is -0.463 e. The van der Waals surface area contributed by atoms with Gasteiger partial charge in [0, 0.05) is 26.5 Å². The standard InChI is InChI=1S/C15H17BrN2O7/c1-8(19)23-7-12-11(24-9(2)20)5-13(25-12)18-6-10(3-4-16)14(21)17-15(18)22/h3-4,6,11-13H,5,7H2,1-2H3,(H,17,21,22)/b4-3+. The monoisotopic (exact) mass is 416 g/mol. The average molecular weight is 417 g/mol. The zero-order valence-electron chi connectivity index (χ0n) is 13.6. The summed E-state index contributed by atoms with van der Waals surface area (Å²) in [6, 6.07) is 0. The predicted molar refractivity (Wildman–Crippen MR) is 90.0 cm³/mol. The van der Waals surface area contributed by atoms with Gasteiger partial charge in [0.2, 0.25) is 0 Å². The van der Waals surface area contributed by atoms with Crippen LogP contribution in [0.5, 0.6) is 0 Å². The van der Waals surface area contributed by atoms with Crippen molar-refractivity contribution in [1.82, 2.24) is 9.55 Å². The molecule has 2 rings (SSSR count). The van der Waals surface area contributed by atoms with Gasteiger partial charge in [0.05, 0.1) is 5.56 Å². The summed E-state index contributed by atoms with van der Waals surface area (Å²) >= 11 is 3.07. The summed E-state index contributed by atoms with van der Waals surface area (Å²) in [6.07, 6.45) is 0.820. The fraction of sp³-hybridized carbons (Fsp3) is 0.467. The minimum absolute atomic E-state index is 0.115. The van der Waals surface area contributed by atoms with Crippen molar-refractivity contribution in [2.75, 3.05) is 6.61 Å². The maximum atomic E-state index is 12.1. The molecule has 1 saturated heterocycles. The van der Waals surface area contributed by atoms with Crippen LogP contribution in [0.2, 0.25) is 0 Å². The number of hydrogen-bond acceptors (Lipinski definition) is 7. The Balaban J connectivity index is 2.29. The predicted octanol–water partition coefficient (Wildman–Crippen LogP) is 0.684. The molecule has 1 N–H and O–H groups in total. The Morgan fingerprint density at radius 2 is 2.12 bits per heavy atom. The normalized spacial score (nSPS) is 22.9. The molecular formula is C15H17BrN2O7. The van der Waals surface area contributed by atoms with Crippen LogP contribution in [0, 0.1) is 0 Å². The van der Waals surface area contributed by atoms with Gasteiger partial charge in [-0.15, -0.1) is 0 Å². The molecule has 3 atom stereocenters. The number of rotatable bonds is 5. The zero-order chi connectivity index (χ0) is 18.6. The Morgan fingerprint density at radius 1 is 1.40 bits per heavy atom. The van der Waals surface area contributed by atoms with Crippen LogP contribution in [0.1, 0.15) is 32.1 Å². The smallest absolute Gasteiger partial charge is 0.330 e. The van der Waals surface area contributed by atoms with Crippen LogP contribution in [0.15, 0.2) is 20.8 Å². The molecule has 0 aromatic carbocycles. The van der Waals surface area contributed by atoms with E-state index in [0.29, 0.717) is 0 Å². The SMILES string of the molecule is CC(=O)OCC1OC(n2cc(/C=C/Br)c(=O)[nH]c2=O)CC1OC(C)=O. The first kappa shape index (κ1) is 19.1. The van der Waals surface area contributed by atoms with Gasteiger partial charge in [0.1, 0.15) is 25.0 Å². The Bertz CT molecular complexity index is 798. The molecule has 1 aromatic heterocycles. The summed E-state index contributed by atoms with van der Waals surface area (Å²) in [6.45, 7) is 2.38. The number of carbonyl (C=O) groups is 2. The molecule has 9 nitrogen and oxygen atoms in total. The maximum absolute atomic E-state index is 12.1. The van der Waals surface area contributed by atoms with Crippen molar-refractivity contribution in [1.29, 1.82) is 0 Å². The van der Waals surface area contributed by atoms with Crippen molar-refractivity contribution in [3.05, 3.63) is 37.6 Å². The van der Waals surface area contributed by atoms with Crippen molar-refractivity contribution >= 4 is 33.9 Å². The third-order valence-corrected chi connectivity index (χ3v) is 3.76. The number of aromatic nitrogens is 2. The second-order valence-corrected chi connectivity index (χ2v) is 5.89. The lowest BCUT2D eigenvalue weighted by atomic mass is 10.2. The Hall–Kier alpha value is -2.20. The number of nitrogens with zero attached hydrogens (tertiary/aromatic N) is 1. The number of carbonyl (C=O) groups excluding carboxylic acids is 2. The van der Waals surface area contributed by atoms with Crippen molar-refractivity contribution in [3.8, 4) is 0 Å². The summed E-state index contributed by atoms with van der Waals surface area (Å²) in [4.78, 5) is 49.8. The Kier molecular flexibility index (Phi) is 6.32. The van der Waals surface area contributed by atoms with E-state index < -0.39 is 41.6 Å². The lowest BCUT2D eigenvalue weighted by Crippen LogP contribution is -2.33. The van der Waals surface area contributed by atoms with Gasteiger partial charge in [-0.3, -0.25) is 23.9 Å². The number of esters is 2. The van der Waals surface area contributed by atoms with Crippen molar-refractivity contribution in [2.45, 2.75) is 38.7 Å². The van der Waals surface area contributed by atoms with Crippen molar-refractivity contribution in [3.63, 3.8) is 0 Å². The van der Waals surface area contributed by atoms with E-state index in [2.05, 4.69) is 20.9 Å². The Morgan fingerprint density at radius 3 is 2.72 bits per heavy atom. The molecule has 1 fully saturated rings. The van der Waals surface area contributed by atoms with Crippen LogP contribution in [-0.2, 0) is 23.8 Å². The van der Waals surface area contributed by atoms with Gasteiger partial charge in [-0.1, -0.05) is 15.9 Å². The molecule has 10 heteroatoms. The summed E-state index contributed by atoms with van der Waals surface area (Å²) < 4.78 is 17.0. The van der Waals surface area contributed by atoms with Crippen LogP contribution in [0.4, 0.5) is 0 Å². The topological polar surface area (TPSA) is 117 Å². The van der Waals surface area contributed by atoms with Gasteiger partial charge in [-0.2, -0.15) is 0 Å². The van der Waals surface area contributed by atoms with E-state index in [0.717, 1.165) is 0 Å². The van der Waals surface area contributed by atoms with E-state index in [1.165, 1.54) is 35.7 Å². The number of aromatic amines is 1. The molecule has 0 aliphatic carbocycles. The molecule has 1 aliphatic rings. The molecular weight excluding hydrogens is 400 g/mol. The lowest BCUT2D eigenvalue weighted by Gasteiger charge is -2.17. The summed E-state index contributed by atoms with van der Waals surface area (Å²) in [7, 11) is 0. The number of ether oxygens (including phenoxy) is 3.